The summed E-state index contributed by atoms with van der Waals surface area (Å²) in [4.78, 5) is 6.50. The van der Waals surface area contributed by atoms with Crippen LogP contribution in [0.3, 0.4) is 0 Å². The maximum atomic E-state index is 5.79. The lowest BCUT2D eigenvalue weighted by Crippen LogP contribution is -2.34. The SMILES string of the molecule is CCOC(CCN(C)C)CN=C(N)NC1CC1.I. The number of aliphatic imine (C=N–C) groups is 1. The van der Waals surface area contributed by atoms with Gasteiger partial charge in [0.05, 0.1) is 12.6 Å². The normalized spacial score (nSPS) is 17.4. The highest BCUT2D eigenvalue weighted by atomic mass is 127. The molecule has 0 aromatic heterocycles. The highest BCUT2D eigenvalue weighted by Gasteiger charge is 2.21. The Kier molecular flexibility index (Phi) is 9.76. The first-order chi connectivity index (χ1) is 8.11. The quantitative estimate of drug-likeness (QED) is 0.381. The van der Waals surface area contributed by atoms with Gasteiger partial charge in [-0.05, 0) is 40.3 Å². The summed E-state index contributed by atoms with van der Waals surface area (Å²) in [6, 6.07) is 0.561. The van der Waals surface area contributed by atoms with Gasteiger partial charge in [-0.15, -0.1) is 24.0 Å². The molecular formula is C12H27IN4O. The van der Waals surface area contributed by atoms with Gasteiger partial charge < -0.3 is 20.7 Å². The molecule has 3 N–H and O–H groups in total. The van der Waals surface area contributed by atoms with Crippen LogP contribution in [0.2, 0.25) is 0 Å². The molecule has 1 aliphatic rings. The second-order valence-corrected chi connectivity index (χ2v) is 4.81. The van der Waals surface area contributed by atoms with E-state index in [9.17, 15) is 0 Å². The number of halogens is 1. The molecule has 1 aliphatic carbocycles. The van der Waals surface area contributed by atoms with Crippen LogP contribution in [0.15, 0.2) is 4.99 Å². The van der Waals surface area contributed by atoms with Crippen LogP contribution in [-0.4, -0.2) is 56.8 Å². The zero-order chi connectivity index (χ0) is 12.7. The molecule has 1 unspecified atom stereocenters. The molecule has 5 nitrogen and oxygen atoms in total. The zero-order valence-electron chi connectivity index (χ0n) is 11.7. The fourth-order valence-corrected chi connectivity index (χ4v) is 1.55. The van der Waals surface area contributed by atoms with Gasteiger partial charge >= 0.3 is 0 Å². The second-order valence-electron chi connectivity index (χ2n) is 4.81. The molecule has 0 radical (unpaired) electrons. The third-order valence-electron chi connectivity index (χ3n) is 2.70. The fourth-order valence-electron chi connectivity index (χ4n) is 1.55. The molecule has 6 heteroatoms. The maximum absolute atomic E-state index is 5.79. The highest BCUT2D eigenvalue weighted by molar-refractivity contribution is 14.0. The van der Waals surface area contributed by atoms with Crippen LogP contribution in [0.4, 0.5) is 0 Å². The zero-order valence-corrected chi connectivity index (χ0v) is 14.0. The predicted molar refractivity (Wildman–Crippen MR) is 86.6 cm³/mol. The van der Waals surface area contributed by atoms with Gasteiger partial charge in [-0.25, -0.2) is 0 Å². The van der Waals surface area contributed by atoms with Crippen molar-refractivity contribution in [3.05, 3.63) is 0 Å². The minimum absolute atomic E-state index is 0. The van der Waals surface area contributed by atoms with Crippen LogP contribution in [0.5, 0.6) is 0 Å². The van der Waals surface area contributed by atoms with E-state index in [1.807, 2.05) is 6.92 Å². The Morgan fingerprint density at radius 3 is 2.67 bits per heavy atom. The predicted octanol–water partition coefficient (Wildman–Crippen LogP) is 1.03. The van der Waals surface area contributed by atoms with Crippen molar-refractivity contribution in [1.82, 2.24) is 10.2 Å². The molecule has 0 spiro atoms. The van der Waals surface area contributed by atoms with Gasteiger partial charge in [0, 0.05) is 19.2 Å². The lowest BCUT2D eigenvalue weighted by molar-refractivity contribution is 0.0582. The number of ether oxygens (including phenoxy) is 1. The molecule has 108 valence electrons. The molecule has 1 fully saturated rings. The van der Waals surface area contributed by atoms with Crippen LogP contribution < -0.4 is 11.1 Å². The Hall–Kier alpha value is -0.0800. The topological polar surface area (TPSA) is 62.9 Å². The molecule has 1 rings (SSSR count). The molecule has 0 saturated heterocycles. The van der Waals surface area contributed by atoms with Crippen molar-refractivity contribution in [2.75, 3.05) is 33.8 Å². The van der Waals surface area contributed by atoms with E-state index >= 15 is 0 Å². The number of nitrogens with two attached hydrogens (primary N) is 1. The van der Waals surface area contributed by atoms with Gasteiger partial charge in [-0.1, -0.05) is 0 Å². The van der Waals surface area contributed by atoms with E-state index < -0.39 is 0 Å². The van der Waals surface area contributed by atoms with Crippen molar-refractivity contribution >= 4 is 29.9 Å². The summed E-state index contributed by atoms with van der Waals surface area (Å²) in [7, 11) is 4.13. The Balaban J connectivity index is 0.00000289. The van der Waals surface area contributed by atoms with Crippen LogP contribution in [-0.2, 0) is 4.74 Å². The number of guanidine groups is 1. The number of hydrogen-bond acceptors (Lipinski definition) is 3. The average molecular weight is 370 g/mol. The lowest BCUT2D eigenvalue weighted by atomic mass is 10.2. The largest absolute Gasteiger partial charge is 0.377 e. The Labute approximate surface area is 128 Å². The Morgan fingerprint density at radius 1 is 1.50 bits per heavy atom. The molecule has 0 aliphatic heterocycles. The van der Waals surface area contributed by atoms with E-state index in [4.69, 9.17) is 10.5 Å². The van der Waals surface area contributed by atoms with Crippen molar-refractivity contribution in [2.24, 2.45) is 10.7 Å². The average Bonchev–Trinajstić information content (AvgIpc) is 3.06. The van der Waals surface area contributed by atoms with E-state index in [0.717, 1.165) is 19.6 Å². The number of nitrogens with one attached hydrogen (secondary N) is 1. The van der Waals surface area contributed by atoms with Gasteiger partial charge in [0.1, 0.15) is 0 Å². The van der Waals surface area contributed by atoms with Crippen LogP contribution in [0.1, 0.15) is 26.2 Å². The van der Waals surface area contributed by atoms with Crippen molar-refractivity contribution < 1.29 is 4.74 Å². The molecule has 0 aromatic rings. The van der Waals surface area contributed by atoms with Crippen molar-refractivity contribution in [1.29, 1.82) is 0 Å². The van der Waals surface area contributed by atoms with Gasteiger partial charge in [0.15, 0.2) is 5.96 Å². The molecule has 1 atom stereocenters. The van der Waals surface area contributed by atoms with E-state index in [2.05, 4.69) is 29.3 Å². The van der Waals surface area contributed by atoms with E-state index in [1.165, 1.54) is 12.8 Å². The third-order valence-corrected chi connectivity index (χ3v) is 2.70. The first-order valence-corrected chi connectivity index (χ1v) is 6.44. The summed E-state index contributed by atoms with van der Waals surface area (Å²) < 4.78 is 5.65. The number of rotatable bonds is 8. The minimum Gasteiger partial charge on any atom is -0.377 e. The molecule has 0 bridgehead atoms. The Morgan fingerprint density at radius 2 is 2.17 bits per heavy atom. The van der Waals surface area contributed by atoms with Crippen LogP contribution >= 0.6 is 24.0 Å². The first kappa shape index (κ1) is 17.9. The van der Waals surface area contributed by atoms with Gasteiger partial charge in [0.2, 0.25) is 0 Å². The number of nitrogens with zero attached hydrogens (tertiary/aromatic N) is 2. The van der Waals surface area contributed by atoms with Gasteiger partial charge in [-0.3, -0.25) is 4.99 Å². The monoisotopic (exact) mass is 370 g/mol. The molecular weight excluding hydrogens is 343 g/mol. The van der Waals surface area contributed by atoms with E-state index in [-0.39, 0.29) is 30.1 Å². The Bertz CT molecular complexity index is 244. The maximum Gasteiger partial charge on any atom is 0.188 e. The van der Waals surface area contributed by atoms with Gasteiger partial charge in [0.25, 0.3) is 0 Å². The van der Waals surface area contributed by atoms with E-state index in [1.54, 1.807) is 0 Å². The molecule has 0 aromatic carbocycles. The summed E-state index contributed by atoms with van der Waals surface area (Å²) in [5.74, 6) is 0.557. The van der Waals surface area contributed by atoms with E-state index in [0.29, 0.717) is 18.5 Å². The smallest absolute Gasteiger partial charge is 0.188 e. The van der Waals surface area contributed by atoms with Crippen LogP contribution in [0.25, 0.3) is 0 Å². The first-order valence-electron chi connectivity index (χ1n) is 6.44. The second kappa shape index (κ2) is 9.80. The minimum atomic E-state index is 0. The fraction of sp³-hybridized carbons (Fsp3) is 0.917. The highest BCUT2D eigenvalue weighted by Crippen LogP contribution is 2.18. The molecule has 0 heterocycles. The third kappa shape index (κ3) is 8.93. The summed E-state index contributed by atoms with van der Waals surface area (Å²) in [6.45, 7) is 4.39. The number of hydrogen-bond donors (Lipinski definition) is 2. The lowest BCUT2D eigenvalue weighted by Gasteiger charge is -2.18. The van der Waals surface area contributed by atoms with Crippen molar-refractivity contribution in [3.63, 3.8) is 0 Å². The van der Waals surface area contributed by atoms with Crippen molar-refractivity contribution in [3.8, 4) is 0 Å². The summed E-state index contributed by atoms with van der Waals surface area (Å²) in [6.07, 6.45) is 3.58. The van der Waals surface area contributed by atoms with Crippen LogP contribution in [0, 0.1) is 0 Å². The summed E-state index contributed by atoms with van der Waals surface area (Å²) >= 11 is 0. The van der Waals surface area contributed by atoms with Gasteiger partial charge in [-0.2, -0.15) is 0 Å². The molecule has 1 saturated carbocycles. The standard InChI is InChI=1S/C12H26N4O.HI/c1-4-17-11(7-8-16(2)3)9-14-12(13)15-10-5-6-10;/h10-11H,4-9H2,1-3H3,(H3,13,14,15);1H. The molecule has 18 heavy (non-hydrogen) atoms. The summed E-state index contributed by atoms with van der Waals surface area (Å²) in [5.41, 5.74) is 5.79. The molecule has 0 amide bonds. The summed E-state index contributed by atoms with van der Waals surface area (Å²) in [5, 5.41) is 3.18. The van der Waals surface area contributed by atoms with Crippen molar-refractivity contribution in [2.45, 2.75) is 38.3 Å².